The molecule has 1 amide bonds. The summed E-state index contributed by atoms with van der Waals surface area (Å²) < 4.78 is 5.00. The molecule has 0 bridgehead atoms. The first kappa shape index (κ1) is 9.97. The number of nitrogens with one attached hydrogen (secondary N) is 1. The first-order valence-corrected chi connectivity index (χ1v) is 3.35. The van der Waals surface area contributed by atoms with Gasteiger partial charge in [0.2, 0.25) is 0 Å². The summed E-state index contributed by atoms with van der Waals surface area (Å²) in [7, 11) is 0. The second-order valence-corrected chi connectivity index (χ2v) is 2.18. The number of carbonyl (C=O) groups is 1. The Balaban J connectivity index is 3.28. The van der Waals surface area contributed by atoms with Crippen LogP contribution in [0.25, 0.3) is 0 Å². The predicted octanol–water partition coefficient (Wildman–Crippen LogP) is 0.845. The fourth-order valence-electron chi connectivity index (χ4n) is 0.581. The van der Waals surface area contributed by atoms with Gasteiger partial charge >= 0.3 is 6.09 Å². The van der Waals surface area contributed by atoms with Crippen molar-refractivity contribution in [3.63, 3.8) is 0 Å². The highest BCUT2D eigenvalue weighted by Crippen LogP contribution is 1.84. The molecule has 11 heavy (non-hydrogen) atoms. The van der Waals surface area contributed by atoms with Crippen LogP contribution in [0.2, 0.25) is 0 Å². The van der Waals surface area contributed by atoms with Crippen LogP contribution < -0.4 is 5.32 Å². The Labute approximate surface area is 65.9 Å². The number of hydrogen-bond acceptors (Lipinski definition) is 2. The van der Waals surface area contributed by atoms with E-state index in [0.29, 0.717) is 13.2 Å². The van der Waals surface area contributed by atoms with Crippen molar-refractivity contribution in [3.05, 3.63) is 12.7 Å². The summed E-state index contributed by atoms with van der Waals surface area (Å²) in [5, 5.41) is 10.5. The summed E-state index contributed by atoms with van der Waals surface area (Å²) in [6.07, 6.45) is 0.590. The minimum atomic E-state index is -1.03. The number of carboxylic acid groups (broad SMARTS) is 1. The molecule has 64 valence electrons. The van der Waals surface area contributed by atoms with E-state index in [2.05, 4.69) is 11.9 Å². The molecule has 0 aromatic heterocycles. The zero-order valence-corrected chi connectivity index (χ0v) is 6.54. The number of rotatable bonds is 5. The van der Waals surface area contributed by atoms with Gasteiger partial charge in [0, 0.05) is 0 Å². The Bertz CT molecular complexity index is 136. The topological polar surface area (TPSA) is 58.6 Å². The molecule has 0 aliphatic rings. The van der Waals surface area contributed by atoms with Gasteiger partial charge in [0.15, 0.2) is 0 Å². The van der Waals surface area contributed by atoms with Crippen LogP contribution in [0.1, 0.15) is 6.92 Å². The molecular formula is C7H13NO3. The summed E-state index contributed by atoms with van der Waals surface area (Å²) in [4.78, 5) is 10.1. The summed E-state index contributed by atoms with van der Waals surface area (Å²) >= 11 is 0. The van der Waals surface area contributed by atoms with Gasteiger partial charge in [-0.3, -0.25) is 0 Å². The second kappa shape index (κ2) is 5.73. The highest BCUT2D eigenvalue weighted by molar-refractivity contribution is 5.64. The molecule has 0 saturated carbocycles. The third-order valence-corrected chi connectivity index (χ3v) is 0.973. The van der Waals surface area contributed by atoms with Crippen molar-refractivity contribution in [3.8, 4) is 0 Å². The molecule has 0 fully saturated rings. The van der Waals surface area contributed by atoms with Crippen molar-refractivity contribution in [2.24, 2.45) is 0 Å². The molecule has 0 saturated heterocycles. The smallest absolute Gasteiger partial charge is 0.404 e. The van der Waals surface area contributed by atoms with Crippen molar-refractivity contribution in [1.29, 1.82) is 0 Å². The van der Waals surface area contributed by atoms with E-state index in [1.807, 2.05) is 0 Å². The van der Waals surface area contributed by atoms with Crippen molar-refractivity contribution < 1.29 is 14.6 Å². The van der Waals surface area contributed by atoms with Gasteiger partial charge in [0.05, 0.1) is 19.3 Å². The van der Waals surface area contributed by atoms with Crippen LogP contribution in [0.5, 0.6) is 0 Å². The van der Waals surface area contributed by atoms with E-state index in [9.17, 15) is 4.79 Å². The van der Waals surface area contributed by atoms with Gasteiger partial charge in [0.25, 0.3) is 0 Å². The fraction of sp³-hybridized carbons (Fsp3) is 0.571. The maximum atomic E-state index is 10.1. The van der Waals surface area contributed by atoms with Crippen LogP contribution in [0.3, 0.4) is 0 Å². The van der Waals surface area contributed by atoms with E-state index in [-0.39, 0.29) is 6.04 Å². The molecule has 0 aromatic carbocycles. The predicted molar refractivity (Wildman–Crippen MR) is 41.6 cm³/mol. The SMILES string of the molecule is C=CCOC[C@@H](C)NC(=O)O. The molecule has 0 aliphatic heterocycles. The Morgan fingerprint density at radius 2 is 2.55 bits per heavy atom. The highest BCUT2D eigenvalue weighted by atomic mass is 16.5. The quantitative estimate of drug-likeness (QED) is 0.461. The van der Waals surface area contributed by atoms with Crippen LogP contribution in [0.4, 0.5) is 4.79 Å². The molecule has 1 atom stereocenters. The van der Waals surface area contributed by atoms with Gasteiger partial charge < -0.3 is 15.2 Å². The fourth-order valence-corrected chi connectivity index (χ4v) is 0.581. The molecule has 4 nitrogen and oxygen atoms in total. The van der Waals surface area contributed by atoms with Gasteiger partial charge in [-0.1, -0.05) is 6.08 Å². The average Bonchev–Trinajstić information content (AvgIpc) is 1.86. The summed E-state index contributed by atoms with van der Waals surface area (Å²) in [6.45, 7) is 6.01. The zero-order chi connectivity index (χ0) is 8.69. The lowest BCUT2D eigenvalue weighted by Gasteiger charge is -2.09. The molecule has 0 heterocycles. The van der Waals surface area contributed by atoms with Crippen molar-refractivity contribution in [2.45, 2.75) is 13.0 Å². The Morgan fingerprint density at radius 3 is 3.00 bits per heavy atom. The first-order chi connectivity index (χ1) is 5.16. The standard InChI is InChI=1S/C7H13NO3/c1-3-4-11-5-6(2)8-7(9)10/h3,6,8H,1,4-5H2,2H3,(H,9,10)/t6-/m1/s1. The lowest BCUT2D eigenvalue weighted by Crippen LogP contribution is -2.34. The summed E-state index contributed by atoms with van der Waals surface area (Å²) in [5.74, 6) is 0. The second-order valence-electron chi connectivity index (χ2n) is 2.18. The van der Waals surface area contributed by atoms with Gasteiger partial charge in [0.1, 0.15) is 0 Å². The van der Waals surface area contributed by atoms with E-state index in [1.54, 1.807) is 13.0 Å². The van der Waals surface area contributed by atoms with E-state index in [1.165, 1.54) is 0 Å². The number of amides is 1. The van der Waals surface area contributed by atoms with Gasteiger partial charge in [-0.2, -0.15) is 0 Å². The molecule has 4 heteroatoms. The molecule has 2 N–H and O–H groups in total. The number of hydrogen-bond donors (Lipinski definition) is 2. The molecule has 0 aromatic rings. The van der Waals surface area contributed by atoms with E-state index in [0.717, 1.165) is 0 Å². The van der Waals surface area contributed by atoms with Crippen LogP contribution in [-0.4, -0.2) is 30.5 Å². The Hall–Kier alpha value is -1.03. The molecule has 0 aliphatic carbocycles. The summed E-state index contributed by atoms with van der Waals surface area (Å²) in [6, 6.07) is -0.174. The first-order valence-electron chi connectivity index (χ1n) is 3.35. The Morgan fingerprint density at radius 1 is 1.91 bits per heavy atom. The minimum absolute atomic E-state index is 0.174. The van der Waals surface area contributed by atoms with Gasteiger partial charge in [-0.15, -0.1) is 6.58 Å². The molecular weight excluding hydrogens is 146 g/mol. The Kier molecular flexibility index (Phi) is 5.20. The lowest BCUT2D eigenvalue weighted by atomic mass is 10.4. The highest BCUT2D eigenvalue weighted by Gasteiger charge is 2.03. The van der Waals surface area contributed by atoms with Crippen molar-refractivity contribution in [2.75, 3.05) is 13.2 Å². The van der Waals surface area contributed by atoms with Crippen molar-refractivity contribution >= 4 is 6.09 Å². The monoisotopic (exact) mass is 159 g/mol. The summed E-state index contributed by atoms with van der Waals surface area (Å²) in [5.41, 5.74) is 0. The van der Waals surface area contributed by atoms with E-state index >= 15 is 0 Å². The normalized spacial score (nSPS) is 12.1. The molecule has 0 unspecified atom stereocenters. The van der Waals surface area contributed by atoms with Crippen LogP contribution in [-0.2, 0) is 4.74 Å². The van der Waals surface area contributed by atoms with Crippen LogP contribution in [0, 0.1) is 0 Å². The lowest BCUT2D eigenvalue weighted by molar-refractivity contribution is 0.134. The maximum absolute atomic E-state index is 10.1. The average molecular weight is 159 g/mol. The third kappa shape index (κ3) is 6.86. The van der Waals surface area contributed by atoms with Crippen molar-refractivity contribution in [1.82, 2.24) is 5.32 Å². The minimum Gasteiger partial charge on any atom is -0.465 e. The maximum Gasteiger partial charge on any atom is 0.404 e. The third-order valence-electron chi connectivity index (χ3n) is 0.973. The molecule has 0 spiro atoms. The van der Waals surface area contributed by atoms with Gasteiger partial charge in [-0.25, -0.2) is 4.79 Å². The van der Waals surface area contributed by atoms with E-state index in [4.69, 9.17) is 9.84 Å². The molecule has 0 radical (unpaired) electrons. The van der Waals surface area contributed by atoms with Crippen LogP contribution >= 0.6 is 0 Å². The molecule has 0 rings (SSSR count). The zero-order valence-electron chi connectivity index (χ0n) is 6.54. The van der Waals surface area contributed by atoms with Gasteiger partial charge in [-0.05, 0) is 6.92 Å². The largest absolute Gasteiger partial charge is 0.465 e. The number of ether oxygens (including phenoxy) is 1. The van der Waals surface area contributed by atoms with Crippen LogP contribution in [0.15, 0.2) is 12.7 Å². The van der Waals surface area contributed by atoms with E-state index < -0.39 is 6.09 Å².